The zero-order chi connectivity index (χ0) is 17.5. The highest BCUT2D eigenvalue weighted by molar-refractivity contribution is 5.74. The Hall–Kier alpha value is -2.76. The number of nitrogens with one attached hydrogen (secondary N) is 2. The van der Waals surface area contributed by atoms with Gasteiger partial charge in [0.2, 0.25) is 0 Å². The van der Waals surface area contributed by atoms with Crippen molar-refractivity contribution >= 4 is 6.03 Å². The number of ether oxygens (including phenoxy) is 2. The molecule has 0 spiro atoms. The van der Waals surface area contributed by atoms with Crippen molar-refractivity contribution < 1.29 is 18.7 Å². The van der Waals surface area contributed by atoms with Crippen LogP contribution in [0.15, 0.2) is 42.5 Å². The topological polar surface area (TPSA) is 59.6 Å². The van der Waals surface area contributed by atoms with Gasteiger partial charge >= 0.3 is 6.03 Å². The minimum absolute atomic E-state index is 0.242. The van der Waals surface area contributed by atoms with Gasteiger partial charge in [-0.3, -0.25) is 0 Å². The summed E-state index contributed by atoms with van der Waals surface area (Å²) >= 11 is 0. The molecule has 2 aromatic carbocycles. The number of carbonyl (C=O) groups is 1. The first kappa shape index (κ1) is 17.6. The summed E-state index contributed by atoms with van der Waals surface area (Å²) in [5.74, 6) is 1.01. The molecule has 0 saturated heterocycles. The molecule has 2 N–H and O–H groups in total. The molecular formula is C18H21FN2O3. The largest absolute Gasteiger partial charge is 0.497 e. The first-order valence-corrected chi connectivity index (χ1v) is 7.54. The summed E-state index contributed by atoms with van der Waals surface area (Å²) < 4.78 is 23.7. The Morgan fingerprint density at radius 3 is 2.62 bits per heavy atom. The molecule has 0 aliphatic rings. The first-order chi connectivity index (χ1) is 11.5. The lowest BCUT2D eigenvalue weighted by Crippen LogP contribution is -2.36. The third kappa shape index (κ3) is 4.62. The predicted molar refractivity (Wildman–Crippen MR) is 89.7 cm³/mol. The van der Waals surface area contributed by atoms with Crippen molar-refractivity contribution in [2.45, 2.75) is 19.5 Å². The number of urea groups is 1. The lowest BCUT2D eigenvalue weighted by atomic mass is 10.1. The summed E-state index contributed by atoms with van der Waals surface area (Å²) in [5, 5.41) is 5.53. The van der Waals surface area contributed by atoms with Crippen molar-refractivity contribution in [1.29, 1.82) is 0 Å². The van der Waals surface area contributed by atoms with Crippen molar-refractivity contribution in [3.63, 3.8) is 0 Å². The summed E-state index contributed by atoms with van der Waals surface area (Å²) in [7, 11) is 3.15. The Balaban J connectivity index is 1.98. The first-order valence-electron chi connectivity index (χ1n) is 7.54. The van der Waals surface area contributed by atoms with Gasteiger partial charge in [0.1, 0.15) is 17.3 Å². The van der Waals surface area contributed by atoms with E-state index in [0.717, 1.165) is 5.56 Å². The molecule has 0 bridgehead atoms. The molecule has 128 valence electrons. The van der Waals surface area contributed by atoms with Crippen LogP contribution in [0.1, 0.15) is 24.1 Å². The average molecular weight is 332 g/mol. The summed E-state index contributed by atoms with van der Waals surface area (Å²) in [6.45, 7) is 2.09. The van der Waals surface area contributed by atoms with Crippen molar-refractivity contribution in [3.8, 4) is 11.5 Å². The normalized spacial score (nSPS) is 11.5. The lowest BCUT2D eigenvalue weighted by molar-refractivity contribution is 0.237. The maximum Gasteiger partial charge on any atom is 0.315 e. The van der Waals surface area contributed by atoms with Gasteiger partial charge in [-0.2, -0.15) is 0 Å². The van der Waals surface area contributed by atoms with E-state index in [0.29, 0.717) is 17.1 Å². The van der Waals surface area contributed by atoms with Crippen LogP contribution in [0.3, 0.4) is 0 Å². The van der Waals surface area contributed by atoms with E-state index in [-0.39, 0.29) is 24.4 Å². The van der Waals surface area contributed by atoms with E-state index >= 15 is 0 Å². The molecule has 0 saturated carbocycles. The van der Waals surface area contributed by atoms with Gasteiger partial charge in [-0.1, -0.05) is 12.1 Å². The third-order valence-electron chi connectivity index (χ3n) is 3.59. The van der Waals surface area contributed by atoms with Gasteiger partial charge in [0.15, 0.2) is 0 Å². The Morgan fingerprint density at radius 2 is 1.96 bits per heavy atom. The molecule has 6 heteroatoms. The fourth-order valence-corrected chi connectivity index (χ4v) is 2.33. The van der Waals surface area contributed by atoms with Crippen LogP contribution in [0.25, 0.3) is 0 Å². The van der Waals surface area contributed by atoms with Crippen molar-refractivity contribution in [3.05, 3.63) is 59.4 Å². The number of rotatable bonds is 6. The van der Waals surface area contributed by atoms with Crippen LogP contribution in [0.2, 0.25) is 0 Å². The molecule has 0 radical (unpaired) electrons. The van der Waals surface area contributed by atoms with Crippen LogP contribution < -0.4 is 20.1 Å². The molecule has 0 fully saturated rings. The summed E-state index contributed by atoms with van der Waals surface area (Å²) in [6.07, 6.45) is 0. The van der Waals surface area contributed by atoms with E-state index in [4.69, 9.17) is 9.47 Å². The molecule has 1 unspecified atom stereocenters. The van der Waals surface area contributed by atoms with Crippen molar-refractivity contribution in [2.75, 3.05) is 14.2 Å². The second-order valence-electron chi connectivity index (χ2n) is 5.29. The maximum atomic E-state index is 13.1. The summed E-state index contributed by atoms with van der Waals surface area (Å²) in [6, 6.07) is 10.9. The molecule has 2 amide bonds. The van der Waals surface area contributed by atoms with Crippen LogP contribution in [-0.2, 0) is 6.54 Å². The molecule has 0 aromatic heterocycles. The minimum Gasteiger partial charge on any atom is -0.497 e. The highest BCUT2D eigenvalue weighted by Crippen LogP contribution is 2.29. The molecular weight excluding hydrogens is 311 g/mol. The van der Waals surface area contributed by atoms with Gasteiger partial charge in [0.05, 0.1) is 20.3 Å². The van der Waals surface area contributed by atoms with E-state index in [1.54, 1.807) is 38.5 Å². The molecule has 2 rings (SSSR count). The van der Waals surface area contributed by atoms with Gasteiger partial charge in [-0.25, -0.2) is 9.18 Å². The Labute approximate surface area is 140 Å². The number of carbonyl (C=O) groups excluding carboxylic acids is 1. The quantitative estimate of drug-likeness (QED) is 0.852. The van der Waals surface area contributed by atoms with Crippen LogP contribution >= 0.6 is 0 Å². The van der Waals surface area contributed by atoms with Crippen LogP contribution in [0.5, 0.6) is 11.5 Å². The zero-order valence-corrected chi connectivity index (χ0v) is 13.9. The SMILES string of the molecule is COc1ccc(OC)c(C(C)NC(=O)NCc2cccc(F)c2)c1. The summed E-state index contributed by atoms with van der Waals surface area (Å²) in [5.41, 5.74) is 1.49. The monoisotopic (exact) mass is 332 g/mol. The zero-order valence-electron chi connectivity index (χ0n) is 13.9. The number of methoxy groups -OCH3 is 2. The molecule has 24 heavy (non-hydrogen) atoms. The van der Waals surface area contributed by atoms with E-state index in [1.165, 1.54) is 12.1 Å². The van der Waals surface area contributed by atoms with Crippen LogP contribution in [0, 0.1) is 5.82 Å². The van der Waals surface area contributed by atoms with Gasteiger partial charge in [0.25, 0.3) is 0 Å². The Kier molecular flexibility index (Phi) is 6.01. The Bertz CT molecular complexity index is 706. The lowest BCUT2D eigenvalue weighted by Gasteiger charge is -2.18. The van der Waals surface area contributed by atoms with E-state index in [1.807, 2.05) is 13.0 Å². The van der Waals surface area contributed by atoms with E-state index in [9.17, 15) is 9.18 Å². The molecule has 1 atom stereocenters. The minimum atomic E-state index is -0.350. The molecule has 5 nitrogen and oxygen atoms in total. The third-order valence-corrected chi connectivity index (χ3v) is 3.59. The standard InChI is InChI=1S/C18H21FN2O3/c1-12(16-10-15(23-2)7-8-17(16)24-3)21-18(22)20-11-13-5-4-6-14(19)9-13/h4-10,12H,11H2,1-3H3,(H2,20,21,22). The molecule has 0 aliphatic carbocycles. The summed E-state index contributed by atoms with van der Waals surface area (Å²) in [4.78, 5) is 12.1. The molecule has 0 aliphatic heterocycles. The average Bonchev–Trinajstić information content (AvgIpc) is 2.59. The fraction of sp³-hybridized carbons (Fsp3) is 0.278. The maximum absolute atomic E-state index is 13.1. The Morgan fingerprint density at radius 1 is 1.17 bits per heavy atom. The van der Waals surface area contributed by atoms with Crippen molar-refractivity contribution in [2.24, 2.45) is 0 Å². The number of halogens is 1. The highest BCUT2D eigenvalue weighted by atomic mass is 19.1. The number of hydrogen-bond acceptors (Lipinski definition) is 3. The van der Waals surface area contributed by atoms with Gasteiger partial charge in [0, 0.05) is 12.1 Å². The van der Waals surface area contributed by atoms with Crippen LogP contribution in [0.4, 0.5) is 9.18 Å². The number of benzene rings is 2. The van der Waals surface area contributed by atoms with Gasteiger partial charge in [-0.05, 0) is 42.8 Å². The van der Waals surface area contributed by atoms with Crippen LogP contribution in [-0.4, -0.2) is 20.3 Å². The molecule has 0 heterocycles. The predicted octanol–water partition coefficient (Wildman–Crippen LogP) is 3.40. The highest BCUT2D eigenvalue weighted by Gasteiger charge is 2.15. The smallest absolute Gasteiger partial charge is 0.315 e. The fourth-order valence-electron chi connectivity index (χ4n) is 2.33. The van der Waals surface area contributed by atoms with E-state index < -0.39 is 0 Å². The second kappa shape index (κ2) is 8.19. The molecule has 2 aromatic rings. The number of amides is 2. The van der Waals surface area contributed by atoms with E-state index in [2.05, 4.69) is 10.6 Å². The number of hydrogen-bond donors (Lipinski definition) is 2. The van der Waals surface area contributed by atoms with Gasteiger partial charge in [-0.15, -0.1) is 0 Å². The van der Waals surface area contributed by atoms with Crippen molar-refractivity contribution in [1.82, 2.24) is 10.6 Å². The second-order valence-corrected chi connectivity index (χ2v) is 5.29. The van der Waals surface area contributed by atoms with Gasteiger partial charge < -0.3 is 20.1 Å².